The molecule has 0 radical (unpaired) electrons. The van der Waals surface area contributed by atoms with E-state index in [0.29, 0.717) is 11.5 Å². The van der Waals surface area contributed by atoms with Crippen molar-refractivity contribution in [2.24, 2.45) is 4.99 Å². The highest BCUT2D eigenvalue weighted by molar-refractivity contribution is 6.02. The summed E-state index contributed by atoms with van der Waals surface area (Å²) in [5.41, 5.74) is 1.65. The van der Waals surface area contributed by atoms with Crippen LogP contribution in [0.1, 0.15) is 28.9 Å². The first-order valence-corrected chi connectivity index (χ1v) is 6.61. The molecule has 20 heavy (non-hydrogen) atoms. The van der Waals surface area contributed by atoms with Gasteiger partial charge < -0.3 is 4.74 Å². The van der Waals surface area contributed by atoms with Crippen molar-refractivity contribution in [1.82, 2.24) is 0 Å². The molecule has 3 rings (SSSR count). The third-order valence-corrected chi connectivity index (χ3v) is 3.36. The maximum absolute atomic E-state index is 12.6. The third-order valence-electron chi connectivity index (χ3n) is 3.36. The van der Waals surface area contributed by atoms with Gasteiger partial charge in [-0.15, -0.1) is 0 Å². The fourth-order valence-electron chi connectivity index (χ4n) is 2.41. The standard InChI is InChI=1S/C17H15NO2/c1-12-18-15(13-8-4-2-5-9-13)17(20-12)16(19)14-10-6-3-7-11-14/h2-11,15,17H,1H3/t15-,17+/m0/s1. The number of carbonyl (C=O) groups is 1. The first-order valence-electron chi connectivity index (χ1n) is 6.61. The van der Waals surface area contributed by atoms with Crippen molar-refractivity contribution >= 4 is 11.7 Å². The minimum absolute atomic E-state index is 0.0277. The maximum Gasteiger partial charge on any atom is 0.205 e. The number of benzene rings is 2. The number of hydrogen-bond donors (Lipinski definition) is 0. The van der Waals surface area contributed by atoms with Crippen molar-refractivity contribution < 1.29 is 9.53 Å². The van der Waals surface area contributed by atoms with E-state index in [9.17, 15) is 4.79 Å². The highest BCUT2D eigenvalue weighted by Crippen LogP contribution is 2.31. The predicted molar refractivity (Wildman–Crippen MR) is 77.9 cm³/mol. The van der Waals surface area contributed by atoms with Gasteiger partial charge in [0, 0.05) is 12.5 Å². The van der Waals surface area contributed by atoms with Crippen LogP contribution in [0.4, 0.5) is 0 Å². The summed E-state index contributed by atoms with van der Waals surface area (Å²) >= 11 is 0. The Bertz CT molecular complexity index is 635. The number of nitrogens with zero attached hydrogens (tertiary/aromatic N) is 1. The molecular formula is C17H15NO2. The number of Topliss-reactive ketones (excluding diaryl/α,β-unsaturated/α-hetero) is 1. The van der Waals surface area contributed by atoms with Crippen molar-refractivity contribution in [2.45, 2.75) is 19.1 Å². The molecule has 0 unspecified atom stereocenters. The average molecular weight is 265 g/mol. The monoisotopic (exact) mass is 265 g/mol. The average Bonchev–Trinajstić information content (AvgIpc) is 2.90. The highest BCUT2D eigenvalue weighted by Gasteiger charge is 2.36. The Morgan fingerprint density at radius 1 is 1.00 bits per heavy atom. The van der Waals surface area contributed by atoms with Gasteiger partial charge in [0.2, 0.25) is 5.78 Å². The lowest BCUT2D eigenvalue weighted by Crippen LogP contribution is -2.27. The molecule has 0 saturated carbocycles. The molecule has 0 fully saturated rings. The van der Waals surface area contributed by atoms with Crippen LogP contribution < -0.4 is 0 Å². The van der Waals surface area contributed by atoms with Crippen LogP contribution in [0.3, 0.4) is 0 Å². The van der Waals surface area contributed by atoms with Crippen LogP contribution in [0.25, 0.3) is 0 Å². The molecule has 0 N–H and O–H groups in total. The second-order valence-corrected chi connectivity index (χ2v) is 4.77. The van der Waals surface area contributed by atoms with E-state index < -0.39 is 6.10 Å². The van der Waals surface area contributed by atoms with E-state index in [-0.39, 0.29) is 11.8 Å². The maximum atomic E-state index is 12.6. The molecule has 1 aliphatic rings. The number of rotatable bonds is 3. The van der Waals surface area contributed by atoms with Gasteiger partial charge in [-0.2, -0.15) is 0 Å². The molecule has 0 aromatic heterocycles. The van der Waals surface area contributed by atoms with E-state index in [0.717, 1.165) is 5.56 Å². The summed E-state index contributed by atoms with van der Waals surface area (Å²) in [4.78, 5) is 17.0. The Morgan fingerprint density at radius 2 is 1.60 bits per heavy atom. The van der Waals surface area contributed by atoms with Crippen LogP contribution in [-0.4, -0.2) is 17.8 Å². The van der Waals surface area contributed by atoms with Crippen LogP contribution in [0.2, 0.25) is 0 Å². The summed E-state index contributed by atoms with van der Waals surface area (Å²) in [6.07, 6.45) is -0.570. The van der Waals surface area contributed by atoms with Crippen molar-refractivity contribution in [3.8, 4) is 0 Å². The fourth-order valence-corrected chi connectivity index (χ4v) is 2.41. The first-order chi connectivity index (χ1) is 9.75. The smallest absolute Gasteiger partial charge is 0.205 e. The zero-order valence-electron chi connectivity index (χ0n) is 11.2. The zero-order valence-corrected chi connectivity index (χ0v) is 11.2. The molecule has 0 aliphatic carbocycles. The molecule has 2 aromatic carbocycles. The lowest BCUT2D eigenvalue weighted by Gasteiger charge is -2.16. The zero-order chi connectivity index (χ0) is 13.9. The minimum atomic E-state index is -0.570. The second kappa shape index (κ2) is 5.29. The Morgan fingerprint density at radius 3 is 2.25 bits per heavy atom. The quantitative estimate of drug-likeness (QED) is 0.797. The van der Waals surface area contributed by atoms with Gasteiger partial charge in [-0.05, 0) is 5.56 Å². The van der Waals surface area contributed by atoms with E-state index in [4.69, 9.17) is 4.74 Å². The van der Waals surface area contributed by atoms with E-state index in [2.05, 4.69) is 4.99 Å². The molecule has 0 amide bonds. The molecular weight excluding hydrogens is 250 g/mol. The Hall–Kier alpha value is -2.42. The van der Waals surface area contributed by atoms with Gasteiger partial charge in [-0.25, -0.2) is 4.99 Å². The fraction of sp³-hybridized carbons (Fsp3) is 0.176. The van der Waals surface area contributed by atoms with Crippen LogP contribution in [0, 0.1) is 0 Å². The Labute approximate surface area is 117 Å². The number of ether oxygens (including phenoxy) is 1. The summed E-state index contributed by atoms with van der Waals surface area (Å²) in [7, 11) is 0. The molecule has 3 heteroatoms. The SMILES string of the molecule is CC1=N[C@@H](c2ccccc2)[C@H](C(=O)c2ccccc2)O1. The Balaban J connectivity index is 1.92. The molecule has 0 spiro atoms. The van der Waals surface area contributed by atoms with E-state index >= 15 is 0 Å². The number of hydrogen-bond acceptors (Lipinski definition) is 3. The van der Waals surface area contributed by atoms with E-state index in [1.807, 2.05) is 48.5 Å². The van der Waals surface area contributed by atoms with Crippen molar-refractivity contribution in [2.75, 3.05) is 0 Å². The second-order valence-electron chi connectivity index (χ2n) is 4.77. The van der Waals surface area contributed by atoms with Crippen LogP contribution in [-0.2, 0) is 4.74 Å². The largest absolute Gasteiger partial charge is 0.467 e. The Kier molecular flexibility index (Phi) is 3.33. The van der Waals surface area contributed by atoms with Gasteiger partial charge >= 0.3 is 0 Å². The number of carbonyl (C=O) groups excluding carboxylic acids is 1. The summed E-state index contributed by atoms with van der Waals surface area (Å²) in [6, 6.07) is 18.7. The normalized spacial score (nSPS) is 21.1. The first kappa shape index (κ1) is 12.6. The molecule has 1 aliphatic heterocycles. The molecule has 3 nitrogen and oxygen atoms in total. The van der Waals surface area contributed by atoms with Crippen LogP contribution in [0.15, 0.2) is 65.7 Å². The van der Waals surface area contributed by atoms with Gasteiger partial charge in [-0.3, -0.25) is 4.79 Å². The van der Waals surface area contributed by atoms with Gasteiger partial charge in [-0.1, -0.05) is 60.7 Å². The molecule has 2 aromatic rings. The van der Waals surface area contributed by atoms with Gasteiger partial charge in [0.1, 0.15) is 6.04 Å². The van der Waals surface area contributed by atoms with Crippen molar-refractivity contribution in [1.29, 1.82) is 0 Å². The minimum Gasteiger partial charge on any atom is -0.467 e. The third kappa shape index (κ3) is 2.35. The molecule has 0 saturated heterocycles. The molecule has 2 atom stereocenters. The topological polar surface area (TPSA) is 38.7 Å². The van der Waals surface area contributed by atoms with E-state index in [1.165, 1.54) is 0 Å². The summed E-state index contributed by atoms with van der Waals surface area (Å²) in [6.45, 7) is 1.79. The predicted octanol–water partition coefficient (Wildman–Crippen LogP) is 3.43. The molecule has 1 heterocycles. The van der Waals surface area contributed by atoms with Crippen molar-refractivity contribution in [3.05, 3.63) is 71.8 Å². The molecule has 100 valence electrons. The van der Waals surface area contributed by atoms with Crippen LogP contribution >= 0.6 is 0 Å². The van der Waals surface area contributed by atoms with Gasteiger partial charge in [0.25, 0.3) is 0 Å². The number of aliphatic imine (C=N–C) groups is 1. The van der Waals surface area contributed by atoms with E-state index in [1.54, 1.807) is 19.1 Å². The molecule has 0 bridgehead atoms. The highest BCUT2D eigenvalue weighted by atomic mass is 16.5. The lowest BCUT2D eigenvalue weighted by atomic mass is 9.96. The van der Waals surface area contributed by atoms with Gasteiger partial charge in [0.05, 0.1) is 0 Å². The van der Waals surface area contributed by atoms with Crippen molar-refractivity contribution in [3.63, 3.8) is 0 Å². The summed E-state index contributed by atoms with van der Waals surface area (Å²) < 4.78 is 5.64. The number of ketones is 1. The van der Waals surface area contributed by atoms with Crippen LogP contribution in [0.5, 0.6) is 0 Å². The summed E-state index contributed by atoms with van der Waals surface area (Å²) in [5, 5.41) is 0. The van der Waals surface area contributed by atoms with Gasteiger partial charge in [0.15, 0.2) is 12.0 Å². The summed E-state index contributed by atoms with van der Waals surface area (Å²) in [5.74, 6) is 0.535. The lowest BCUT2D eigenvalue weighted by molar-refractivity contribution is 0.0772.